The number of hydrogen-bond acceptors (Lipinski definition) is 2. The van der Waals surface area contributed by atoms with E-state index >= 15 is 0 Å². The van der Waals surface area contributed by atoms with Gasteiger partial charge in [0, 0.05) is 6.04 Å². The zero-order valence-electron chi connectivity index (χ0n) is 10.7. The quantitative estimate of drug-likeness (QED) is 0.828. The highest BCUT2D eigenvalue weighted by molar-refractivity contribution is 5.30. The van der Waals surface area contributed by atoms with Crippen LogP contribution in [0.1, 0.15) is 45.6 Å². The minimum absolute atomic E-state index is 0.221. The Morgan fingerprint density at radius 3 is 2.44 bits per heavy atom. The summed E-state index contributed by atoms with van der Waals surface area (Å²) in [7, 11) is 0. The summed E-state index contributed by atoms with van der Waals surface area (Å²) in [6, 6.07) is 8.55. The summed E-state index contributed by atoms with van der Waals surface area (Å²) < 4.78 is 5.68. The maximum atomic E-state index is 5.82. The Morgan fingerprint density at radius 1 is 1.19 bits per heavy atom. The largest absolute Gasteiger partial charge is 0.491 e. The molecule has 1 aromatic rings. The van der Waals surface area contributed by atoms with Crippen molar-refractivity contribution in [2.24, 2.45) is 5.73 Å². The van der Waals surface area contributed by atoms with Gasteiger partial charge in [-0.1, -0.05) is 19.1 Å². The van der Waals surface area contributed by atoms with Gasteiger partial charge in [-0.15, -0.1) is 0 Å². The molecular formula is C14H23NO. The molecule has 0 bridgehead atoms. The Balaban J connectivity index is 2.73. The molecule has 0 spiro atoms. The van der Waals surface area contributed by atoms with E-state index < -0.39 is 0 Å². The maximum absolute atomic E-state index is 5.82. The Morgan fingerprint density at radius 2 is 1.88 bits per heavy atom. The van der Waals surface area contributed by atoms with Gasteiger partial charge in [-0.25, -0.2) is 0 Å². The molecule has 0 aliphatic carbocycles. The summed E-state index contributed by atoms with van der Waals surface area (Å²) in [5.41, 5.74) is 7.12. The molecule has 0 aliphatic heterocycles. The zero-order valence-corrected chi connectivity index (χ0v) is 10.7. The van der Waals surface area contributed by atoms with Crippen molar-refractivity contribution < 1.29 is 4.74 Å². The molecule has 2 atom stereocenters. The van der Waals surface area contributed by atoms with Crippen LogP contribution >= 0.6 is 0 Å². The van der Waals surface area contributed by atoms with Gasteiger partial charge in [-0.2, -0.15) is 0 Å². The summed E-state index contributed by atoms with van der Waals surface area (Å²) >= 11 is 0. The molecule has 0 saturated carbocycles. The standard InChI is InChI=1S/C14H23NO/c1-10(2)16-14-7-5-6-13(9-14)11(3)8-12(4)15/h5-7,9-12H,8,15H2,1-4H3. The monoisotopic (exact) mass is 221 g/mol. The van der Waals surface area contributed by atoms with Crippen LogP contribution in [0.15, 0.2) is 24.3 Å². The van der Waals surface area contributed by atoms with Crippen molar-refractivity contribution in [1.29, 1.82) is 0 Å². The second kappa shape index (κ2) is 5.90. The molecule has 0 amide bonds. The van der Waals surface area contributed by atoms with Crippen LogP contribution in [0.25, 0.3) is 0 Å². The first kappa shape index (κ1) is 13.0. The minimum Gasteiger partial charge on any atom is -0.491 e. The maximum Gasteiger partial charge on any atom is 0.119 e. The Kier molecular flexibility index (Phi) is 4.81. The van der Waals surface area contributed by atoms with E-state index in [1.165, 1.54) is 5.56 Å². The smallest absolute Gasteiger partial charge is 0.119 e. The van der Waals surface area contributed by atoms with Crippen LogP contribution in [0, 0.1) is 0 Å². The summed E-state index contributed by atoms with van der Waals surface area (Å²) in [5, 5.41) is 0. The Hall–Kier alpha value is -1.02. The molecule has 2 N–H and O–H groups in total. The van der Waals surface area contributed by atoms with E-state index in [9.17, 15) is 0 Å². The molecule has 1 aromatic carbocycles. The van der Waals surface area contributed by atoms with Crippen LogP contribution in [-0.2, 0) is 0 Å². The van der Waals surface area contributed by atoms with Crippen molar-refractivity contribution in [2.45, 2.75) is 52.2 Å². The Bertz CT molecular complexity index is 320. The third-order valence-electron chi connectivity index (χ3n) is 2.52. The number of nitrogens with two attached hydrogens (primary N) is 1. The molecule has 90 valence electrons. The lowest BCUT2D eigenvalue weighted by Gasteiger charge is -2.16. The Labute approximate surface area is 98.8 Å². The predicted molar refractivity (Wildman–Crippen MR) is 68.9 cm³/mol. The third-order valence-corrected chi connectivity index (χ3v) is 2.52. The van der Waals surface area contributed by atoms with Gasteiger partial charge in [0.05, 0.1) is 6.10 Å². The molecule has 0 fully saturated rings. The number of ether oxygens (including phenoxy) is 1. The van der Waals surface area contributed by atoms with Gasteiger partial charge < -0.3 is 10.5 Å². The summed E-state index contributed by atoms with van der Waals surface area (Å²) in [5.74, 6) is 1.43. The molecular weight excluding hydrogens is 198 g/mol. The highest BCUT2D eigenvalue weighted by Crippen LogP contribution is 2.24. The second-order valence-electron chi connectivity index (χ2n) is 4.85. The van der Waals surface area contributed by atoms with Crippen molar-refractivity contribution in [1.82, 2.24) is 0 Å². The topological polar surface area (TPSA) is 35.2 Å². The van der Waals surface area contributed by atoms with Gasteiger partial charge >= 0.3 is 0 Å². The SMILES string of the molecule is CC(N)CC(C)c1cccc(OC(C)C)c1. The first-order valence-corrected chi connectivity index (χ1v) is 6.01. The van der Waals surface area contributed by atoms with Crippen molar-refractivity contribution in [3.05, 3.63) is 29.8 Å². The number of hydrogen-bond donors (Lipinski definition) is 1. The van der Waals surface area contributed by atoms with Crippen LogP contribution in [0.5, 0.6) is 5.75 Å². The molecule has 2 heteroatoms. The van der Waals surface area contributed by atoms with Crippen LogP contribution in [-0.4, -0.2) is 12.1 Å². The summed E-state index contributed by atoms with van der Waals surface area (Å²) in [6.45, 7) is 8.33. The second-order valence-corrected chi connectivity index (χ2v) is 4.85. The summed E-state index contributed by atoms with van der Waals surface area (Å²) in [6.07, 6.45) is 1.23. The van der Waals surface area contributed by atoms with E-state index in [0.29, 0.717) is 5.92 Å². The zero-order chi connectivity index (χ0) is 12.1. The fourth-order valence-corrected chi connectivity index (χ4v) is 1.86. The van der Waals surface area contributed by atoms with E-state index in [2.05, 4.69) is 19.1 Å². The highest BCUT2D eigenvalue weighted by atomic mass is 16.5. The normalized spacial score (nSPS) is 14.9. The van der Waals surface area contributed by atoms with Crippen molar-refractivity contribution >= 4 is 0 Å². The van der Waals surface area contributed by atoms with Gasteiger partial charge in [0.15, 0.2) is 0 Å². The van der Waals surface area contributed by atoms with Crippen molar-refractivity contribution in [3.63, 3.8) is 0 Å². The number of benzene rings is 1. The lowest BCUT2D eigenvalue weighted by Crippen LogP contribution is -2.17. The minimum atomic E-state index is 0.221. The van der Waals surface area contributed by atoms with Gasteiger partial charge in [-0.05, 0) is 50.8 Å². The molecule has 2 nitrogen and oxygen atoms in total. The van der Waals surface area contributed by atoms with Gasteiger partial charge in [-0.3, -0.25) is 0 Å². The average molecular weight is 221 g/mol. The van der Waals surface area contributed by atoms with E-state index in [0.717, 1.165) is 12.2 Å². The average Bonchev–Trinajstić information content (AvgIpc) is 2.16. The van der Waals surface area contributed by atoms with E-state index in [-0.39, 0.29) is 12.1 Å². The predicted octanol–water partition coefficient (Wildman–Crippen LogP) is 3.31. The van der Waals surface area contributed by atoms with Gasteiger partial charge in [0.1, 0.15) is 5.75 Å². The third kappa shape index (κ3) is 4.23. The lowest BCUT2D eigenvalue weighted by molar-refractivity contribution is 0.242. The van der Waals surface area contributed by atoms with Crippen molar-refractivity contribution in [2.75, 3.05) is 0 Å². The molecule has 0 heterocycles. The van der Waals surface area contributed by atoms with Crippen LogP contribution in [0.3, 0.4) is 0 Å². The van der Waals surface area contributed by atoms with E-state index in [4.69, 9.17) is 10.5 Å². The molecule has 0 aromatic heterocycles. The highest BCUT2D eigenvalue weighted by Gasteiger charge is 2.09. The molecule has 0 saturated heterocycles. The van der Waals surface area contributed by atoms with E-state index in [1.54, 1.807) is 0 Å². The molecule has 0 aliphatic rings. The van der Waals surface area contributed by atoms with E-state index in [1.807, 2.05) is 32.9 Å². The van der Waals surface area contributed by atoms with Gasteiger partial charge in [0.25, 0.3) is 0 Å². The van der Waals surface area contributed by atoms with Crippen molar-refractivity contribution in [3.8, 4) is 5.75 Å². The summed E-state index contributed by atoms with van der Waals surface area (Å²) in [4.78, 5) is 0. The lowest BCUT2D eigenvalue weighted by atomic mass is 9.95. The molecule has 0 radical (unpaired) electrons. The van der Waals surface area contributed by atoms with Crippen LogP contribution in [0.4, 0.5) is 0 Å². The fourth-order valence-electron chi connectivity index (χ4n) is 1.86. The van der Waals surface area contributed by atoms with Gasteiger partial charge in [0.2, 0.25) is 0 Å². The molecule has 1 rings (SSSR count). The number of rotatable bonds is 5. The molecule has 2 unspecified atom stereocenters. The first-order chi connectivity index (χ1) is 7.49. The first-order valence-electron chi connectivity index (χ1n) is 6.01. The fraction of sp³-hybridized carbons (Fsp3) is 0.571. The van der Waals surface area contributed by atoms with Crippen LogP contribution < -0.4 is 10.5 Å². The van der Waals surface area contributed by atoms with Crippen LogP contribution in [0.2, 0.25) is 0 Å². The molecule has 16 heavy (non-hydrogen) atoms.